The molecule has 15 heteroatoms. The Morgan fingerprint density at radius 2 is 0.843 bits per heavy atom. The highest BCUT2D eigenvalue weighted by molar-refractivity contribution is 5.76. The molecule has 296 valence electrons. The lowest BCUT2D eigenvalue weighted by molar-refractivity contribution is -0.123. The maximum atomic E-state index is 12.0. The minimum atomic E-state index is -0.0918. The van der Waals surface area contributed by atoms with Crippen molar-refractivity contribution in [2.45, 2.75) is 33.1 Å². The molecule has 0 unspecified atom stereocenters. The van der Waals surface area contributed by atoms with Gasteiger partial charge in [0.1, 0.15) is 0 Å². The summed E-state index contributed by atoms with van der Waals surface area (Å²) in [5, 5.41) is 5.74. The van der Waals surface area contributed by atoms with Crippen LogP contribution in [0.2, 0.25) is 0 Å². The fourth-order valence-electron chi connectivity index (χ4n) is 4.22. The van der Waals surface area contributed by atoms with Gasteiger partial charge in [0.2, 0.25) is 11.8 Å². The highest BCUT2D eigenvalue weighted by Crippen LogP contribution is 2.10. The van der Waals surface area contributed by atoms with E-state index in [0.717, 1.165) is 6.42 Å². The topological polar surface area (TPSA) is 177 Å². The van der Waals surface area contributed by atoms with Crippen LogP contribution < -0.4 is 16.4 Å². The Morgan fingerprint density at radius 3 is 1.25 bits per heavy atom. The number of ether oxygens (including phenoxy) is 10. The Balaban J connectivity index is 1.71. The molecule has 0 aliphatic carbocycles. The standard InChI is InChI=1S/C36H65N3O12/c1-32-3-4-33(2)34(31-32)5-9-38-35(40)6-11-42-15-19-46-24-28-51-30-26-49-22-18-45-14-10-39-36(41)7-12-43-16-20-47-23-27-50-29-25-48-21-17-44-13-8-37/h3-4,31H,5-30,37H2,1-2H3,(H,38,40)(H,39,41). The lowest BCUT2D eigenvalue weighted by Gasteiger charge is -2.09. The maximum absolute atomic E-state index is 12.0. The predicted octanol–water partition coefficient (Wildman–Crippen LogP) is 0.983. The van der Waals surface area contributed by atoms with Crippen molar-refractivity contribution in [2.75, 3.05) is 152 Å². The first-order chi connectivity index (χ1) is 25.0. The summed E-state index contributed by atoms with van der Waals surface area (Å²) < 4.78 is 54.2. The summed E-state index contributed by atoms with van der Waals surface area (Å²) in [5.74, 6) is -0.103. The second-order valence-corrected chi connectivity index (χ2v) is 11.3. The summed E-state index contributed by atoms with van der Waals surface area (Å²) >= 11 is 0. The molecule has 2 amide bonds. The van der Waals surface area contributed by atoms with E-state index in [2.05, 4.69) is 42.7 Å². The van der Waals surface area contributed by atoms with Crippen LogP contribution in [-0.4, -0.2) is 164 Å². The summed E-state index contributed by atoms with van der Waals surface area (Å²) in [6.45, 7) is 14.8. The summed E-state index contributed by atoms with van der Waals surface area (Å²) in [7, 11) is 0. The van der Waals surface area contributed by atoms with Gasteiger partial charge in [-0.3, -0.25) is 9.59 Å². The first-order valence-corrected chi connectivity index (χ1v) is 18.1. The number of carbonyl (C=O) groups is 2. The molecule has 0 bridgehead atoms. The smallest absolute Gasteiger partial charge is 0.222 e. The minimum Gasteiger partial charge on any atom is -0.379 e. The molecular formula is C36H65N3O12. The van der Waals surface area contributed by atoms with Crippen molar-refractivity contribution in [1.82, 2.24) is 10.6 Å². The van der Waals surface area contributed by atoms with E-state index in [4.69, 9.17) is 53.1 Å². The number of rotatable bonds is 38. The number of carbonyl (C=O) groups excluding carboxylic acids is 2. The SMILES string of the molecule is Cc1ccc(C)c(CCNC(=O)CCOCCOCCOCCOCCOCCNC(=O)CCOCCOCCOCCOCCOCCN)c1. The van der Waals surface area contributed by atoms with Crippen molar-refractivity contribution in [3.8, 4) is 0 Å². The molecule has 0 saturated heterocycles. The van der Waals surface area contributed by atoms with E-state index in [9.17, 15) is 9.59 Å². The number of nitrogens with one attached hydrogen (secondary N) is 2. The molecule has 0 heterocycles. The van der Waals surface area contributed by atoms with Crippen LogP contribution in [-0.2, 0) is 63.4 Å². The molecule has 0 spiro atoms. The fourth-order valence-corrected chi connectivity index (χ4v) is 4.22. The van der Waals surface area contributed by atoms with E-state index < -0.39 is 0 Å². The monoisotopic (exact) mass is 731 g/mol. The molecule has 0 atom stereocenters. The number of nitrogens with two attached hydrogens (primary N) is 1. The third-order valence-electron chi connectivity index (χ3n) is 6.97. The highest BCUT2D eigenvalue weighted by Gasteiger charge is 2.04. The van der Waals surface area contributed by atoms with Gasteiger partial charge in [-0.15, -0.1) is 0 Å². The molecule has 0 aliphatic heterocycles. The third kappa shape index (κ3) is 32.1. The second kappa shape index (κ2) is 36.1. The zero-order chi connectivity index (χ0) is 36.9. The zero-order valence-electron chi connectivity index (χ0n) is 31.1. The molecule has 1 rings (SSSR count). The minimum absolute atomic E-state index is 0.0114. The average molecular weight is 732 g/mol. The Kier molecular flexibility index (Phi) is 33.1. The molecule has 1 aromatic carbocycles. The van der Waals surface area contributed by atoms with Crippen LogP contribution in [0.25, 0.3) is 0 Å². The molecular weight excluding hydrogens is 666 g/mol. The summed E-state index contributed by atoms with van der Waals surface area (Å²) in [5.41, 5.74) is 9.06. The van der Waals surface area contributed by atoms with Gasteiger partial charge >= 0.3 is 0 Å². The number of hydrogen-bond acceptors (Lipinski definition) is 13. The van der Waals surface area contributed by atoms with Crippen molar-refractivity contribution in [1.29, 1.82) is 0 Å². The van der Waals surface area contributed by atoms with Crippen LogP contribution in [0, 0.1) is 13.8 Å². The van der Waals surface area contributed by atoms with Crippen molar-refractivity contribution in [2.24, 2.45) is 5.73 Å². The molecule has 0 saturated carbocycles. The van der Waals surface area contributed by atoms with Crippen molar-refractivity contribution in [3.05, 3.63) is 34.9 Å². The van der Waals surface area contributed by atoms with Gasteiger partial charge in [-0.2, -0.15) is 0 Å². The van der Waals surface area contributed by atoms with Crippen molar-refractivity contribution >= 4 is 11.8 Å². The van der Waals surface area contributed by atoms with Crippen LogP contribution in [0.15, 0.2) is 18.2 Å². The highest BCUT2D eigenvalue weighted by atomic mass is 16.6. The Morgan fingerprint density at radius 1 is 0.490 bits per heavy atom. The third-order valence-corrected chi connectivity index (χ3v) is 6.97. The molecule has 1 aromatic rings. The van der Waals surface area contributed by atoms with Gasteiger partial charge in [0.15, 0.2) is 0 Å². The number of hydrogen-bond donors (Lipinski definition) is 3. The molecule has 51 heavy (non-hydrogen) atoms. The van der Waals surface area contributed by atoms with E-state index in [1.807, 2.05) is 0 Å². The molecule has 15 nitrogen and oxygen atoms in total. The number of aryl methyl sites for hydroxylation is 2. The van der Waals surface area contributed by atoms with Crippen LogP contribution in [0.1, 0.15) is 29.5 Å². The van der Waals surface area contributed by atoms with E-state index in [1.165, 1.54) is 16.7 Å². The largest absolute Gasteiger partial charge is 0.379 e. The normalized spacial score (nSPS) is 11.3. The molecule has 0 fully saturated rings. The Hall–Kier alpha value is -2.28. The Bertz CT molecular complexity index is 960. The van der Waals surface area contributed by atoms with E-state index in [-0.39, 0.29) is 18.2 Å². The van der Waals surface area contributed by atoms with Gasteiger partial charge in [0.05, 0.1) is 132 Å². The van der Waals surface area contributed by atoms with Gasteiger partial charge in [0, 0.05) is 32.5 Å². The van der Waals surface area contributed by atoms with Crippen molar-refractivity contribution < 1.29 is 57.0 Å². The summed E-state index contributed by atoms with van der Waals surface area (Å²) in [6, 6.07) is 6.37. The Labute approximate surface area is 304 Å². The van der Waals surface area contributed by atoms with Crippen LogP contribution >= 0.6 is 0 Å². The maximum Gasteiger partial charge on any atom is 0.222 e. The van der Waals surface area contributed by atoms with Crippen LogP contribution in [0.3, 0.4) is 0 Å². The van der Waals surface area contributed by atoms with Gasteiger partial charge in [-0.25, -0.2) is 0 Å². The van der Waals surface area contributed by atoms with E-state index in [1.54, 1.807) is 0 Å². The second-order valence-electron chi connectivity index (χ2n) is 11.3. The molecule has 4 N–H and O–H groups in total. The van der Waals surface area contributed by atoms with E-state index >= 15 is 0 Å². The van der Waals surface area contributed by atoms with Gasteiger partial charge in [0.25, 0.3) is 0 Å². The van der Waals surface area contributed by atoms with E-state index in [0.29, 0.717) is 158 Å². The quantitative estimate of drug-likeness (QED) is 0.0822. The number of benzene rings is 1. The van der Waals surface area contributed by atoms with Crippen LogP contribution in [0.4, 0.5) is 0 Å². The fraction of sp³-hybridized carbons (Fsp3) is 0.778. The first-order valence-electron chi connectivity index (χ1n) is 18.1. The molecule has 0 radical (unpaired) electrons. The molecule has 0 aliphatic rings. The summed E-state index contributed by atoms with van der Waals surface area (Å²) in [4.78, 5) is 23.9. The molecule has 0 aromatic heterocycles. The van der Waals surface area contributed by atoms with Gasteiger partial charge < -0.3 is 63.7 Å². The first kappa shape index (κ1) is 46.7. The van der Waals surface area contributed by atoms with Crippen LogP contribution in [0.5, 0.6) is 0 Å². The van der Waals surface area contributed by atoms with Gasteiger partial charge in [-0.1, -0.05) is 23.8 Å². The lowest BCUT2D eigenvalue weighted by atomic mass is 10.0. The van der Waals surface area contributed by atoms with Gasteiger partial charge in [-0.05, 0) is 31.4 Å². The lowest BCUT2D eigenvalue weighted by Crippen LogP contribution is -2.28. The summed E-state index contributed by atoms with van der Waals surface area (Å²) in [6.07, 6.45) is 1.43. The average Bonchev–Trinajstić information content (AvgIpc) is 3.12. The van der Waals surface area contributed by atoms with Crippen molar-refractivity contribution in [3.63, 3.8) is 0 Å². The predicted molar refractivity (Wildman–Crippen MR) is 192 cm³/mol. The number of amides is 2. The zero-order valence-corrected chi connectivity index (χ0v) is 31.1.